The monoisotopic (exact) mass is 287 g/mol. The van der Waals surface area contributed by atoms with E-state index in [4.69, 9.17) is 18.0 Å². The summed E-state index contributed by atoms with van der Waals surface area (Å²) in [5.41, 5.74) is 5.92. The Kier molecular flexibility index (Phi) is 5.67. The maximum Gasteiger partial charge on any atom is 0.191 e. The van der Waals surface area contributed by atoms with Gasteiger partial charge in [0.2, 0.25) is 0 Å². The molecular formula is C11H17N3O2S2. The lowest BCUT2D eigenvalue weighted by Gasteiger charge is -2.10. The van der Waals surface area contributed by atoms with Crippen molar-refractivity contribution in [3.05, 3.63) is 29.8 Å². The molecule has 1 rings (SSSR count). The van der Waals surface area contributed by atoms with Crippen LogP contribution in [0.2, 0.25) is 0 Å². The molecule has 18 heavy (non-hydrogen) atoms. The smallest absolute Gasteiger partial charge is 0.191 e. The Labute approximate surface area is 113 Å². The largest absolute Gasteiger partial charge is 0.389 e. The number of benzene rings is 1. The average Bonchev–Trinajstić information content (AvgIpc) is 2.35. The molecule has 0 saturated heterocycles. The van der Waals surface area contributed by atoms with Crippen LogP contribution in [0.3, 0.4) is 0 Å². The van der Waals surface area contributed by atoms with Crippen LogP contribution in [0.4, 0.5) is 0 Å². The first-order valence-electron chi connectivity index (χ1n) is 5.46. The second-order valence-corrected chi connectivity index (χ2v) is 6.12. The van der Waals surface area contributed by atoms with Gasteiger partial charge in [-0.3, -0.25) is 0 Å². The van der Waals surface area contributed by atoms with Crippen LogP contribution in [0.15, 0.2) is 29.2 Å². The number of hydrogen-bond acceptors (Lipinski definition) is 5. The second-order valence-electron chi connectivity index (χ2n) is 3.72. The molecule has 0 fully saturated rings. The van der Waals surface area contributed by atoms with E-state index >= 15 is 0 Å². The lowest BCUT2D eigenvalue weighted by Crippen LogP contribution is -2.30. The summed E-state index contributed by atoms with van der Waals surface area (Å²) in [6.45, 7) is 1.28. The summed E-state index contributed by atoms with van der Waals surface area (Å²) in [6.07, 6.45) is 0. The first-order valence-corrected chi connectivity index (χ1v) is 7.52. The minimum atomic E-state index is -3.42. The Balaban J connectivity index is 2.88. The average molecular weight is 287 g/mol. The summed E-state index contributed by atoms with van der Waals surface area (Å²) in [7, 11) is -1.62. The molecule has 0 spiro atoms. The van der Waals surface area contributed by atoms with Crippen molar-refractivity contribution in [1.82, 2.24) is 10.6 Å². The summed E-state index contributed by atoms with van der Waals surface area (Å²) in [5, 5.41) is 5.78. The predicted molar refractivity (Wildman–Crippen MR) is 76.3 cm³/mol. The van der Waals surface area contributed by atoms with Gasteiger partial charge in [0.05, 0.1) is 4.90 Å². The number of hydrogen-bond donors (Lipinski definition) is 3. The Morgan fingerprint density at radius 1 is 1.33 bits per heavy atom. The van der Waals surface area contributed by atoms with Gasteiger partial charge in [0.15, 0.2) is 9.84 Å². The molecular weight excluding hydrogens is 270 g/mol. The topological polar surface area (TPSA) is 84.2 Å². The second kappa shape index (κ2) is 6.79. The summed E-state index contributed by atoms with van der Waals surface area (Å²) in [6, 6.07) is 6.50. The first-order chi connectivity index (χ1) is 8.49. The molecule has 0 unspecified atom stereocenters. The van der Waals surface area contributed by atoms with Gasteiger partial charge in [-0.15, -0.1) is 0 Å². The zero-order chi connectivity index (χ0) is 13.6. The molecule has 100 valence electrons. The van der Waals surface area contributed by atoms with Gasteiger partial charge >= 0.3 is 0 Å². The minimum absolute atomic E-state index is 0.0874. The predicted octanol–water partition coefficient (Wildman–Crippen LogP) is -0.139. The Morgan fingerprint density at radius 2 is 2.00 bits per heavy atom. The van der Waals surface area contributed by atoms with Crippen LogP contribution in [0, 0.1) is 0 Å². The summed E-state index contributed by atoms with van der Waals surface area (Å²) in [4.78, 5) is 0.263. The Bertz CT molecular complexity index is 515. The van der Waals surface area contributed by atoms with Gasteiger partial charge in [-0.1, -0.05) is 30.4 Å². The van der Waals surface area contributed by atoms with Crippen molar-refractivity contribution >= 4 is 27.0 Å². The molecule has 1 aromatic carbocycles. The normalized spacial score (nSPS) is 11.4. The molecule has 0 bridgehead atoms. The molecule has 0 amide bonds. The van der Waals surface area contributed by atoms with E-state index in [0.717, 1.165) is 0 Å². The van der Waals surface area contributed by atoms with E-state index in [-0.39, 0.29) is 15.8 Å². The molecule has 5 nitrogen and oxygen atoms in total. The van der Waals surface area contributed by atoms with Crippen molar-refractivity contribution in [3.63, 3.8) is 0 Å². The van der Waals surface area contributed by atoms with Gasteiger partial charge in [0.1, 0.15) is 10.9 Å². The highest BCUT2D eigenvalue weighted by Crippen LogP contribution is 2.16. The lowest BCUT2D eigenvalue weighted by atomic mass is 10.2. The number of sulfone groups is 1. The standard InChI is InChI=1S/C11H17N3O2S2/c1-13-6-7-14-8-18(15,16)10-5-3-2-4-9(10)11(12)17/h2-5,13-14H,6-8H2,1H3,(H2,12,17). The van der Waals surface area contributed by atoms with Crippen molar-refractivity contribution < 1.29 is 8.42 Å². The fraction of sp³-hybridized carbons (Fsp3) is 0.364. The molecule has 0 radical (unpaired) electrons. The van der Waals surface area contributed by atoms with Crippen LogP contribution in [0.1, 0.15) is 5.56 Å². The zero-order valence-corrected chi connectivity index (χ0v) is 11.8. The molecule has 0 aliphatic rings. The highest BCUT2D eigenvalue weighted by atomic mass is 32.2. The van der Waals surface area contributed by atoms with Crippen LogP contribution in [-0.2, 0) is 9.84 Å². The SMILES string of the molecule is CNCCNCS(=O)(=O)c1ccccc1C(N)=S. The van der Waals surface area contributed by atoms with Crippen molar-refractivity contribution in [3.8, 4) is 0 Å². The first kappa shape index (κ1) is 15.0. The quantitative estimate of drug-likeness (QED) is 0.478. The molecule has 4 N–H and O–H groups in total. The van der Waals surface area contributed by atoms with E-state index in [1.54, 1.807) is 25.2 Å². The molecule has 0 aromatic heterocycles. The van der Waals surface area contributed by atoms with E-state index in [0.29, 0.717) is 18.7 Å². The third-order valence-corrected chi connectivity index (χ3v) is 4.16. The number of nitrogens with one attached hydrogen (secondary N) is 2. The van der Waals surface area contributed by atoms with Crippen molar-refractivity contribution in [2.45, 2.75) is 4.90 Å². The van der Waals surface area contributed by atoms with Gasteiger partial charge < -0.3 is 16.4 Å². The van der Waals surface area contributed by atoms with E-state index in [9.17, 15) is 8.42 Å². The van der Waals surface area contributed by atoms with Crippen molar-refractivity contribution in [2.75, 3.05) is 26.0 Å². The molecule has 7 heteroatoms. The highest BCUT2D eigenvalue weighted by Gasteiger charge is 2.18. The maximum atomic E-state index is 12.1. The number of thiocarbonyl (C=S) groups is 1. The van der Waals surface area contributed by atoms with Crippen molar-refractivity contribution in [1.29, 1.82) is 0 Å². The van der Waals surface area contributed by atoms with Crippen LogP contribution in [0.5, 0.6) is 0 Å². The molecule has 0 atom stereocenters. The zero-order valence-electron chi connectivity index (χ0n) is 10.1. The van der Waals surface area contributed by atoms with Crippen LogP contribution in [-0.4, -0.2) is 39.4 Å². The molecule has 0 aliphatic carbocycles. The van der Waals surface area contributed by atoms with E-state index in [1.807, 2.05) is 0 Å². The van der Waals surface area contributed by atoms with Crippen LogP contribution >= 0.6 is 12.2 Å². The summed E-state index contributed by atoms with van der Waals surface area (Å²) in [5.74, 6) is -0.131. The molecule has 0 heterocycles. The number of likely N-dealkylation sites (N-methyl/N-ethyl adjacent to an activating group) is 1. The van der Waals surface area contributed by atoms with E-state index in [1.165, 1.54) is 6.07 Å². The number of nitrogens with two attached hydrogens (primary N) is 1. The van der Waals surface area contributed by atoms with Gasteiger partial charge in [-0.2, -0.15) is 0 Å². The third kappa shape index (κ3) is 4.02. The van der Waals surface area contributed by atoms with Crippen LogP contribution < -0.4 is 16.4 Å². The third-order valence-electron chi connectivity index (χ3n) is 2.33. The Hall–Kier alpha value is -1.02. The Morgan fingerprint density at radius 3 is 2.61 bits per heavy atom. The van der Waals surface area contributed by atoms with Gasteiger partial charge in [-0.05, 0) is 13.1 Å². The maximum absolute atomic E-state index is 12.1. The highest BCUT2D eigenvalue weighted by molar-refractivity contribution is 7.91. The lowest BCUT2D eigenvalue weighted by molar-refractivity contribution is 0.585. The number of rotatable bonds is 7. The van der Waals surface area contributed by atoms with Gasteiger partial charge in [0, 0.05) is 18.7 Å². The van der Waals surface area contributed by atoms with E-state index < -0.39 is 9.84 Å². The molecule has 1 aromatic rings. The van der Waals surface area contributed by atoms with Gasteiger partial charge in [-0.25, -0.2) is 8.42 Å². The van der Waals surface area contributed by atoms with Gasteiger partial charge in [0.25, 0.3) is 0 Å². The molecule has 0 aliphatic heterocycles. The van der Waals surface area contributed by atoms with Crippen molar-refractivity contribution in [2.24, 2.45) is 5.73 Å². The molecule has 0 saturated carbocycles. The van der Waals surface area contributed by atoms with E-state index in [2.05, 4.69) is 10.6 Å². The summed E-state index contributed by atoms with van der Waals surface area (Å²) >= 11 is 4.86. The van der Waals surface area contributed by atoms with Crippen LogP contribution in [0.25, 0.3) is 0 Å². The fourth-order valence-corrected chi connectivity index (χ4v) is 3.05. The fourth-order valence-electron chi connectivity index (χ4n) is 1.44. The minimum Gasteiger partial charge on any atom is -0.389 e. The summed E-state index contributed by atoms with van der Waals surface area (Å²) < 4.78 is 24.2.